The summed E-state index contributed by atoms with van der Waals surface area (Å²) in [5.41, 5.74) is 3.25. The van der Waals surface area contributed by atoms with Crippen LogP contribution in [-0.4, -0.2) is 42.7 Å². The van der Waals surface area contributed by atoms with Crippen LogP contribution in [-0.2, 0) is 24.7 Å². The molecule has 164 valence electrons. The van der Waals surface area contributed by atoms with Crippen molar-refractivity contribution in [3.63, 3.8) is 0 Å². The predicted octanol–water partition coefficient (Wildman–Crippen LogP) is 4.39. The SMILES string of the molecule is FC(F)(F)c1cnc(CN2CCC3(CCn4nc(-c5cnc6ccccc6c5)cc43)C2)[nH]1. The molecule has 0 aliphatic carbocycles. The normalized spacial score (nSPS) is 21.1. The van der Waals surface area contributed by atoms with E-state index in [0.29, 0.717) is 12.4 Å². The second-order valence-corrected chi connectivity index (χ2v) is 8.79. The van der Waals surface area contributed by atoms with Crippen LogP contribution in [0, 0.1) is 0 Å². The zero-order valence-electron chi connectivity index (χ0n) is 17.2. The number of alkyl halides is 3. The molecule has 0 bridgehead atoms. The lowest BCUT2D eigenvalue weighted by Crippen LogP contribution is -2.29. The van der Waals surface area contributed by atoms with Crippen molar-refractivity contribution in [2.45, 2.75) is 37.5 Å². The molecule has 6 rings (SSSR count). The number of hydrogen-bond acceptors (Lipinski definition) is 4. The number of benzene rings is 1. The molecule has 2 aliphatic rings. The second-order valence-electron chi connectivity index (χ2n) is 8.79. The minimum absolute atomic E-state index is 0.0189. The Hall–Kier alpha value is -3.20. The van der Waals surface area contributed by atoms with E-state index in [4.69, 9.17) is 5.10 Å². The highest BCUT2D eigenvalue weighted by Crippen LogP contribution is 2.44. The number of rotatable bonds is 3. The summed E-state index contributed by atoms with van der Waals surface area (Å²) >= 11 is 0. The maximum atomic E-state index is 12.9. The summed E-state index contributed by atoms with van der Waals surface area (Å²) in [5, 5.41) is 5.92. The van der Waals surface area contributed by atoms with E-state index in [-0.39, 0.29) is 5.41 Å². The molecule has 3 aromatic heterocycles. The monoisotopic (exact) mass is 438 g/mol. The van der Waals surface area contributed by atoms with Crippen LogP contribution in [0.25, 0.3) is 22.2 Å². The molecule has 0 saturated carbocycles. The molecule has 1 aromatic carbocycles. The highest BCUT2D eigenvalue weighted by atomic mass is 19.4. The lowest BCUT2D eigenvalue weighted by molar-refractivity contribution is -0.141. The fourth-order valence-corrected chi connectivity index (χ4v) is 5.12. The zero-order chi connectivity index (χ0) is 21.9. The van der Waals surface area contributed by atoms with Gasteiger partial charge in [0.2, 0.25) is 0 Å². The summed E-state index contributed by atoms with van der Waals surface area (Å²) in [7, 11) is 0. The van der Waals surface area contributed by atoms with Gasteiger partial charge < -0.3 is 4.98 Å². The summed E-state index contributed by atoms with van der Waals surface area (Å²) in [6.45, 7) is 2.84. The van der Waals surface area contributed by atoms with E-state index >= 15 is 0 Å². The van der Waals surface area contributed by atoms with Gasteiger partial charge in [-0.15, -0.1) is 0 Å². The number of imidazole rings is 1. The van der Waals surface area contributed by atoms with Crippen molar-refractivity contribution in [2.75, 3.05) is 13.1 Å². The molecular weight excluding hydrogens is 417 g/mol. The second kappa shape index (κ2) is 6.90. The van der Waals surface area contributed by atoms with E-state index in [1.807, 2.05) is 30.5 Å². The van der Waals surface area contributed by atoms with Crippen LogP contribution in [0.15, 0.2) is 48.8 Å². The highest BCUT2D eigenvalue weighted by molar-refractivity contribution is 5.82. The molecule has 0 amide bonds. The molecule has 1 saturated heterocycles. The van der Waals surface area contributed by atoms with Crippen molar-refractivity contribution in [2.24, 2.45) is 0 Å². The van der Waals surface area contributed by atoms with Gasteiger partial charge in [0, 0.05) is 41.3 Å². The molecule has 6 nitrogen and oxygen atoms in total. The lowest BCUT2D eigenvalue weighted by Gasteiger charge is -2.23. The van der Waals surface area contributed by atoms with Gasteiger partial charge in [0.1, 0.15) is 11.5 Å². The largest absolute Gasteiger partial charge is 0.432 e. The Labute approximate surface area is 182 Å². The Morgan fingerprint density at radius 1 is 1.03 bits per heavy atom. The van der Waals surface area contributed by atoms with Crippen LogP contribution >= 0.6 is 0 Å². The van der Waals surface area contributed by atoms with Gasteiger partial charge in [-0.2, -0.15) is 18.3 Å². The van der Waals surface area contributed by atoms with E-state index in [9.17, 15) is 13.2 Å². The summed E-state index contributed by atoms with van der Waals surface area (Å²) in [6.07, 6.45) is 0.289. The van der Waals surface area contributed by atoms with Crippen molar-refractivity contribution in [3.05, 3.63) is 66.0 Å². The number of aryl methyl sites for hydroxylation is 1. The fraction of sp³-hybridized carbons (Fsp3) is 0.348. The minimum atomic E-state index is -4.40. The van der Waals surface area contributed by atoms with Crippen LogP contribution in [0.4, 0.5) is 13.2 Å². The number of para-hydroxylation sites is 1. The number of nitrogens with zero attached hydrogens (tertiary/aromatic N) is 5. The van der Waals surface area contributed by atoms with Gasteiger partial charge in [-0.1, -0.05) is 18.2 Å². The number of likely N-dealkylation sites (tertiary alicyclic amines) is 1. The fourth-order valence-electron chi connectivity index (χ4n) is 5.12. The molecule has 1 atom stereocenters. The number of aromatic amines is 1. The maximum absolute atomic E-state index is 12.9. The Balaban J connectivity index is 1.23. The molecular formula is C23H21F3N6. The van der Waals surface area contributed by atoms with E-state index < -0.39 is 11.9 Å². The molecule has 1 fully saturated rings. The Morgan fingerprint density at radius 2 is 1.88 bits per heavy atom. The Bertz CT molecular complexity index is 1310. The Morgan fingerprint density at radius 3 is 2.72 bits per heavy atom. The number of halogens is 3. The van der Waals surface area contributed by atoms with Crippen LogP contribution in [0.5, 0.6) is 0 Å². The number of nitrogens with one attached hydrogen (secondary N) is 1. The molecule has 32 heavy (non-hydrogen) atoms. The topological polar surface area (TPSA) is 62.6 Å². The zero-order valence-corrected chi connectivity index (χ0v) is 17.2. The predicted molar refractivity (Wildman–Crippen MR) is 113 cm³/mol. The van der Waals surface area contributed by atoms with Crippen molar-refractivity contribution in [1.82, 2.24) is 29.6 Å². The van der Waals surface area contributed by atoms with Crippen molar-refractivity contribution >= 4 is 10.9 Å². The number of aromatic nitrogens is 5. The molecule has 0 radical (unpaired) electrons. The highest BCUT2D eigenvalue weighted by Gasteiger charge is 2.45. The number of hydrogen-bond donors (Lipinski definition) is 1. The standard InChI is InChI=1S/C23H21F3N6/c24-23(25,26)19-12-28-21(29-19)13-31-7-5-22(14-31)6-8-32-20(22)10-18(30-32)16-9-15-3-1-2-4-17(15)27-11-16/h1-4,9-12H,5-8,13-14H2,(H,28,29). The van der Waals surface area contributed by atoms with Gasteiger partial charge in [0.25, 0.3) is 0 Å². The van der Waals surface area contributed by atoms with Crippen LogP contribution in [0.2, 0.25) is 0 Å². The van der Waals surface area contributed by atoms with Crippen LogP contribution in [0.1, 0.15) is 30.1 Å². The van der Waals surface area contributed by atoms with Crippen molar-refractivity contribution < 1.29 is 13.2 Å². The molecule has 9 heteroatoms. The number of pyridine rings is 1. The minimum Gasteiger partial charge on any atom is -0.337 e. The third-order valence-electron chi connectivity index (χ3n) is 6.75. The third kappa shape index (κ3) is 3.19. The average molecular weight is 438 g/mol. The lowest BCUT2D eigenvalue weighted by atomic mass is 9.82. The van der Waals surface area contributed by atoms with Crippen LogP contribution < -0.4 is 0 Å². The Kier molecular flexibility index (Phi) is 4.20. The summed E-state index contributed by atoms with van der Waals surface area (Å²) in [6, 6.07) is 12.3. The summed E-state index contributed by atoms with van der Waals surface area (Å²) in [5.74, 6) is 0.351. The number of fused-ring (bicyclic) bond motifs is 3. The van der Waals surface area contributed by atoms with Gasteiger partial charge >= 0.3 is 6.18 Å². The van der Waals surface area contributed by atoms with Gasteiger partial charge in [-0.05, 0) is 37.6 Å². The first kappa shape index (κ1) is 19.5. The van der Waals surface area contributed by atoms with E-state index in [2.05, 4.69) is 36.7 Å². The smallest absolute Gasteiger partial charge is 0.337 e. The maximum Gasteiger partial charge on any atom is 0.432 e. The summed E-state index contributed by atoms with van der Waals surface area (Å²) in [4.78, 5) is 13.1. The number of H-pyrrole nitrogens is 1. The summed E-state index contributed by atoms with van der Waals surface area (Å²) < 4.78 is 40.6. The molecule has 4 aromatic rings. The van der Waals surface area contributed by atoms with Gasteiger partial charge in [-0.3, -0.25) is 14.6 Å². The first-order chi connectivity index (χ1) is 15.4. The van der Waals surface area contributed by atoms with Crippen LogP contribution in [0.3, 0.4) is 0 Å². The first-order valence-corrected chi connectivity index (χ1v) is 10.7. The van der Waals surface area contributed by atoms with E-state index in [1.165, 1.54) is 5.69 Å². The first-order valence-electron chi connectivity index (χ1n) is 10.7. The van der Waals surface area contributed by atoms with Gasteiger partial charge in [-0.25, -0.2) is 4.98 Å². The molecule has 1 spiro atoms. The van der Waals surface area contributed by atoms with Crippen molar-refractivity contribution in [1.29, 1.82) is 0 Å². The quantitative estimate of drug-likeness (QED) is 0.516. The molecule has 2 aliphatic heterocycles. The van der Waals surface area contributed by atoms with E-state index in [0.717, 1.165) is 60.8 Å². The van der Waals surface area contributed by atoms with Gasteiger partial charge in [0.15, 0.2) is 0 Å². The van der Waals surface area contributed by atoms with Gasteiger partial charge in [0.05, 0.1) is 24.0 Å². The third-order valence-corrected chi connectivity index (χ3v) is 6.75. The average Bonchev–Trinajstić information content (AvgIpc) is 3.54. The van der Waals surface area contributed by atoms with Crippen molar-refractivity contribution in [3.8, 4) is 11.3 Å². The molecule has 1 N–H and O–H groups in total. The molecule has 1 unspecified atom stereocenters. The van der Waals surface area contributed by atoms with E-state index in [1.54, 1.807) is 0 Å². The molecule has 5 heterocycles.